The number of carbonyl (C=O) groups excluding carboxylic acids is 1. The summed E-state index contributed by atoms with van der Waals surface area (Å²) in [6.07, 6.45) is 2.84. The van der Waals surface area contributed by atoms with E-state index in [9.17, 15) is 13.2 Å². The highest BCUT2D eigenvalue weighted by Gasteiger charge is 2.25. The minimum absolute atomic E-state index is 0.0544. The lowest BCUT2D eigenvalue weighted by Gasteiger charge is -2.31. The summed E-state index contributed by atoms with van der Waals surface area (Å²) in [7, 11) is -1.55. The smallest absolute Gasteiger partial charge is 0.238 e. The van der Waals surface area contributed by atoms with Crippen molar-refractivity contribution in [1.29, 1.82) is 0 Å². The van der Waals surface area contributed by atoms with Gasteiger partial charge in [0.05, 0.1) is 23.7 Å². The lowest BCUT2D eigenvalue weighted by atomic mass is 10.2. The van der Waals surface area contributed by atoms with Crippen molar-refractivity contribution in [3.05, 3.63) is 53.8 Å². The van der Waals surface area contributed by atoms with E-state index in [0.29, 0.717) is 17.9 Å². The second kappa shape index (κ2) is 12.0. The Labute approximate surface area is 227 Å². The summed E-state index contributed by atoms with van der Waals surface area (Å²) >= 11 is 6.29. The van der Waals surface area contributed by atoms with Gasteiger partial charge in [-0.1, -0.05) is 11.6 Å². The molecule has 0 saturated carbocycles. The van der Waals surface area contributed by atoms with Gasteiger partial charge in [-0.2, -0.15) is 4.98 Å². The zero-order valence-electron chi connectivity index (χ0n) is 21.5. The van der Waals surface area contributed by atoms with Crippen LogP contribution in [0.4, 0.5) is 28.8 Å². The van der Waals surface area contributed by atoms with Gasteiger partial charge in [0.2, 0.25) is 11.9 Å². The molecule has 202 valence electrons. The zero-order chi connectivity index (χ0) is 27.3. The van der Waals surface area contributed by atoms with Gasteiger partial charge in [0.25, 0.3) is 0 Å². The topological polar surface area (TPSA) is 132 Å². The lowest BCUT2D eigenvalue weighted by molar-refractivity contribution is -0.117. The monoisotopic (exact) mass is 558 g/mol. The second-order valence-corrected chi connectivity index (χ2v) is 12.1. The first kappa shape index (κ1) is 27.7. The first-order valence-electron chi connectivity index (χ1n) is 12.2. The van der Waals surface area contributed by atoms with Crippen molar-refractivity contribution in [3.8, 4) is 0 Å². The van der Waals surface area contributed by atoms with Crippen LogP contribution in [0.15, 0.2) is 53.8 Å². The molecule has 11 nitrogen and oxygen atoms in total. The summed E-state index contributed by atoms with van der Waals surface area (Å²) in [5.74, 6) is 0.423. The average molecular weight is 559 g/mol. The number of hydrogen-bond acceptors (Lipinski definition) is 10. The number of likely N-dealkylation sites (N-methyl/N-ethyl adjacent to an activating group) is 1. The highest BCUT2D eigenvalue weighted by Crippen LogP contribution is 2.29. The van der Waals surface area contributed by atoms with Crippen molar-refractivity contribution in [1.82, 2.24) is 24.8 Å². The zero-order valence-corrected chi connectivity index (χ0v) is 23.1. The third kappa shape index (κ3) is 6.95. The minimum Gasteiger partial charge on any atom is -0.336 e. The molecular formula is C25H31ClN8O3S. The summed E-state index contributed by atoms with van der Waals surface area (Å²) in [5.41, 5.74) is 1.65. The summed E-state index contributed by atoms with van der Waals surface area (Å²) in [6.45, 7) is 7.21. The van der Waals surface area contributed by atoms with Gasteiger partial charge in [0, 0.05) is 43.8 Å². The number of pyridine rings is 1. The van der Waals surface area contributed by atoms with Crippen LogP contribution in [-0.4, -0.2) is 84.1 Å². The molecule has 3 N–H and O–H groups in total. The van der Waals surface area contributed by atoms with Crippen LogP contribution in [0, 0.1) is 0 Å². The fourth-order valence-corrected chi connectivity index (χ4v) is 4.97. The molecule has 0 unspecified atom stereocenters. The first-order chi connectivity index (χ1) is 18.1. The maximum atomic E-state index is 12.7. The van der Waals surface area contributed by atoms with Crippen LogP contribution in [0.1, 0.15) is 13.8 Å². The Morgan fingerprint density at radius 1 is 1.03 bits per heavy atom. The van der Waals surface area contributed by atoms with Gasteiger partial charge in [0.15, 0.2) is 20.7 Å². The molecule has 0 radical (unpaired) electrons. The van der Waals surface area contributed by atoms with E-state index in [2.05, 4.69) is 47.7 Å². The Morgan fingerprint density at radius 2 is 1.71 bits per heavy atom. The van der Waals surface area contributed by atoms with Crippen molar-refractivity contribution in [3.63, 3.8) is 0 Å². The predicted octanol–water partition coefficient (Wildman–Crippen LogP) is 3.38. The number of nitrogens with zero attached hydrogens (tertiary/aromatic N) is 5. The Balaban J connectivity index is 1.41. The van der Waals surface area contributed by atoms with E-state index in [1.165, 1.54) is 12.4 Å². The quantitative estimate of drug-likeness (QED) is 0.359. The number of benzene rings is 1. The van der Waals surface area contributed by atoms with Crippen LogP contribution in [0.25, 0.3) is 0 Å². The van der Waals surface area contributed by atoms with Gasteiger partial charge in [-0.25, -0.2) is 18.4 Å². The summed E-state index contributed by atoms with van der Waals surface area (Å²) in [6, 6.07) is 10.4. The number of halogens is 1. The van der Waals surface area contributed by atoms with E-state index >= 15 is 0 Å². The van der Waals surface area contributed by atoms with E-state index in [-0.39, 0.29) is 33.4 Å². The summed E-state index contributed by atoms with van der Waals surface area (Å²) in [4.78, 5) is 29.5. The Hall–Kier alpha value is -3.32. The number of anilines is 5. The molecule has 0 bridgehead atoms. The van der Waals surface area contributed by atoms with E-state index in [1.54, 1.807) is 50.2 Å². The molecule has 13 heteroatoms. The average Bonchev–Trinajstić information content (AvgIpc) is 2.89. The molecule has 3 heterocycles. The molecule has 3 aromatic rings. The normalized spacial score (nSPS) is 14.9. The van der Waals surface area contributed by atoms with E-state index < -0.39 is 15.1 Å². The molecule has 4 rings (SSSR count). The highest BCUT2D eigenvalue weighted by molar-refractivity contribution is 7.92. The molecule has 0 aliphatic carbocycles. The number of nitrogens with one attached hydrogen (secondary N) is 3. The molecular weight excluding hydrogens is 528 g/mol. The summed E-state index contributed by atoms with van der Waals surface area (Å²) in [5, 5.41) is 8.48. The van der Waals surface area contributed by atoms with Crippen LogP contribution in [-0.2, 0) is 14.6 Å². The number of hydrogen-bond donors (Lipinski definition) is 3. The molecule has 1 aliphatic heterocycles. The van der Waals surface area contributed by atoms with Crippen molar-refractivity contribution >= 4 is 56.2 Å². The molecule has 1 aliphatic rings. The lowest BCUT2D eigenvalue weighted by Crippen LogP contribution is -2.47. The first-order valence-corrected chi connectivity index (χ1v) is 14.1. The van der Waals surface area contributed by atoms with Crippen LogP contribution in [0.2, 0.25) is 5.02 Å². The van der Waals surface area contributed by atoms with Gasteiger partial charge in [-0.3, -0.25) is 9.69 Å². The molecule has 1 aromatic carbocycles. The summed E-state index contributed by atoms with van der Waals surface area (Å²) < 4.78 is 25.5. The molecule has 2 aromatic heterocycles. The van der Waals surface area contributed by atoms with Gasteiger partial charge >= 0.3 is 0 Å². The fraction of sp³-hybridized carbons (Fsp3) is 0.360. The largest absolute Gasteiger partial charge is 0.336 e. The molecule has 1 fully saturated rings. The highest BCUT2D eigenvalue weighted by atomic mass is 35.5. The van der Waals surface area contributed by atoms with Gasteiger partial charge in [-0.05, 0) is 57.3 Å². The minimum atomic E-state index is -3.63. The Bertz CT molecular complexity index is 1380. The maximum absolute atomic E-state index is 12.7. The number of aromatic nitrogens is 3. The van der Waals surface area contributed by atoms with Gasteiger partial charge in [-0.15, -0.1) is 0 Å². The van der Waals surface area contributed by atoms with Crippen LogP contribution >= 0.6 is 11.6 Å². The molecule has 1 saturated heterocycles. The van der Waals surface area contributed by atoms with E-state index in [0.717, 1.165) is 26.2 Å². The SMILES string of the molecule is CC(C)S(=O)(=O)c1ncccc1Nc1nc(Nc2ccc(NC(=O)CN3CCN(C)CC3)cc2)ncc1Cl. The van der Waals surface area contributed by atoms with Crippen LogP contribution in [0.3, 0.4) is 0 Å². The van der Waals surface area contributed by atoms with Crippen LogP contribution in [0.5, 0.6) is 0 Å². The van der Waals surface area contributed by atoms with Gasteiger partial charge < -0.3 is 20.9 Å². The standard InChI is InChI=1S/C25H31ClN8O3S/c1-17(2)38(36,37)24-21(5-4-10-27-24)31-23-20(26)15-28-25(32-23)30-19-8-6-18(7-9-19)29-22(35)16-34-13-11-33(3)12-14-34/h4-10,15,17H,11-14,16H2,1-3H3,(H,29,35)(H2,28,30,31,32). The van der Waals surface area contributed by atoms with E-state index in [1.807, 2.05) is 0 Å². The molecule has 0 spiro atoms. The van der Waals surface area contributed by atoms with Crippen LogP contribution < -0.4 is 16.0 Å². The number of piperazine rings is 1. The fourth-order valence-electron chi connectivity index (χ4n) is 3.75. The predicted molar refractivity (Wildman–Crippen MR) is 149 cm³/mol. The number of carbonyl (C=O) groups is 1. The Morgan fingerprint density at radius 3 is 2.39 bits per heavy atom. The van der Waals surface area contributed by atoms with Crippen molar-refractivity contribution in [2.24, 2.45) is 0 Å². The second-order valence-electron chi connectivity index (χ2n) is 9.29. The van der Waals surface area contributed by atoms with Crippen molar-refractivity contribution in [2.75, 3.05) is 55.7 Å². The van der Waals surface area contributed by atoms with E-state index in [4.69, 9.17) is 11.6 Å². The maximum Gasteiger partial charge on any atom is 0.238 e. The number of sulfone groups is 1. The number of rotatable bonds is 9. The molecule has 38 heavy (non-hydrogen) atoms. The Kier molecular flexibility index (Phi) is 8.77. The van der Waals surface area contributed by atoms with Crippen molar-refractivity contribution in [2.45, 2.75) is 24.1 Å². The van der Waals surface area contributed by atoms with Crippen molar-refractivity contribution < 1.29 is 13.2 Å². The third-order valence-electron chi connectivity index (χ3n) is 6.05. The molecule has 1 amide bonds. The third-order valence-corrected chi connectivity index (χ3v) is 8.43. The number of amides is 1. The molecule has 0 atom stereocenters. The van der Waals surface area contributed by atoms with Gasteiger partial charge in [0.1, 0.15) is 5.02 Å².